The van der Waals surface area contributed by atoms with Crippen molar-refractivity contribution in [1.82, 2.24) is 20.3 Å². The van der Waals surface area contributed by atoms with Gasteiger partial charge in [0.1, 0.15) is 4.88 Å². The molecule has 0 aromatic carbocycles. The van der Waals surface area contributed by atoms with Gasteiger partial charge in [-0.2, -0.15) is 13.2 Å². The molecule has 3 heterocycles. The number of carbonyl (C=O) groups excluding carboxylic acids is 1. The first-order valence-electron chi connectivity index (χ1n) is 9.66. The van der Waals surface area contributed by atoms with Gasteiger partial charge in [0.25, 0.3) is 5.91 Å². The zero-order chi connectivity index (χ0) is 23.2. The van der Waals surface area contributed by atoms with Crippen LogP contribution in [-0.4, -0.2) is 38.6 Å². The summed E-state index contributed by atoms with van der Waals surface area (Å²) in [5.74, 6) is -0.673. The number of aromatic nitrogens is 3. The second-order valence-electron chi connectivity index (χ2n) is 6.43. The van der Waals surface area contributed by atoms with E-state index in [0.717, 1.165) is 11.6 Å². The lowest BCUT2D eigenvalue weighted by Crippen LogP contribution is -2.31. The van der Waals surface area contributed by atoms with Crippen molar-refractivity contribution in [2.24, 2.45) is 0 Å². The molecule has 0 fully saturated rings. The van der Waals surface area contributed by atoms with E-state index in [0.29, 0.717) is 11.3 Å². The van der Waals surface area contributed by atoms with Gasteiger partial charge >= 0.3 is 6.18 Å². The monoisotopic (exact) mass is 455 g/mol. The molecule has 0 radical (unpaired) electrons. The van der Waals surface area contributed by atoms with E-state index in [2.05, 4.69) is 25.6 Å². The number of amides is 1. The van der Waals surface area contributed by atoms with Crippen LogP contribution in [-0.2, 0) is 6.18 Å². The Morgan fingerprint density at radius 1 is 1.26 bits per heavy atom. The average Bonchev–Trinajstić information content (AvgIpc) is 3.18. The molecule has 0 saturated heterocycles. The molecule has 0 aliphatic rings. The Balaban J connectivity index is 0.00000166. The lowest BCUT2D eigenvalue weighted by Gasteiger charge is -2.15. The Bertz CT molecular complexity index is 1010. The SMILES string of the molecule is CC.C[C@H](O)CNC(=O)c1nc(N[C@@H](C)c2cccnc2)nc2cc(C(F)(F)F)sc12. The third kappa shape index (κ3) is 6.34. The fraction of sp³-hybridized carbons (Fsp3) is 0.400. The standard InChI is InChI=1S/C18H18F3N5O2S.C2H6/c1-9(27)7-23-16(28)14-15-12(6-13(29-15)18(19,20)21)25-17(26-14)24-10(2)11-4-3-5-22-8-11;1-2/h3-6,8-10,27H,7H2,1-2H3,(H,23,28)(H,24,25,26);1-2H3/t9-,10-;/m0./s1. The molecule has 3 N–H and O–H groups in total. The lowest BCUT2D eigenvalue weighted by atomic mass is 10.1. The summed E-state index contributed by atoms with van der Waals surface area (Å²) in [5, 5.41) is 14.8. The van der Waals surface area contributed by atoms with Crippen molar-refractivity contribution < 1.29 is 23.1 Å². The molecule has 0 aliphatic heterocycles. The van der Waals surface area contributed by atoms with Gasteiger partial charge in [0.2, 0.25) is 5.95 Å². The number of anilines is 1. The topological polar surface area (TPSA) is 100 Å². The fourth-order valence-corrected chi connectivity index (χ4v) is 3.47. The molecular formula is C20H24F3N5O2S. The van der Waals surface area contributed by atoms with Gasteiger partial charge < -0.3 is 15.7 Å². The number of rotatable bonds is 6. The molecule has 1 amide bonds. The van der Waals surface area contributed by atoms with Crippen LogP contribution in [0.3, 0.4) is 0 Å². The summed E-state index contributed by atoms with van der Waals surface area (Å²) in [6.45, 7) is 7.23. The summed E-state index contributed by atoms with van der Waals surface area (Å²) < 4.78 is 39.5. The summed E-state index contributed by atoms with van der Waals surface area (Å²) in [6, 6.07) is 4.18. The van der Waals surface area contributed by atoms with Crippen LogP contribution in [0, 0.1) is 0 Å². The highest BCUT2D eigenvalue weighted by molar-refractivity contribution is 7.19. The maximum Gasteiger partial charge on any atom is 0.425 e. The van der Waals surface area contributed by atoms with Crippen LogP contribution >= 0.6 is 11.3 Å². The van der Waals surface area contributed by atoms with Gasteiger partial charge in [-0.05, 0) is 31.5 Å². The summed E-state index contributed by atoms with van der Waals surface area (Å²) >= 11 is 0.406. The van der Waals surface area contributed by atoms with Crippen molar-refractivity contribution in [2.75, 3.05) is 11.9 Å². The third-order valence-corrected chi connectivity index (χ3v) is 5.13. The van der Waals surface area contributed by atoms with E-state index in [4.69, 9.17) is 0 Å². The normalized spacial score (nSPS) is 13.2. The van der Waals surface area contributed by atoms with Crippen molar-refractivity contribution in [3.05, 3.63) is 46.7 Å². The van der Waals surface area contributed by atoms with E-state index in [1.54, 1.807) is 18.5 Å². The quantitative estimate of drug-likeness (QED) is 0.509. The Labute approximate surface area is 181 Å². The first-order valence-corrected chi connectivity index (χ1v) is 10.5. The molecule has 2 atom stereocenters. The van der Waals surface area contributed by atoms with Crippen molar-refractivity contribution in [2.45, 2.75) is 46.0 Å². The van der Waals surface area contributed by atoms with Crippen molar-refractivity contribution in [1.29, 1.82) is 0 Å². The number of alkyl halides is 3. The molecule has 3 rings (SSSR count). The molecule has 0 spiro atoms. The van der Waals surface area contributed by atoms with Gasteiger partial charge in [0.05, 0.1) is 22.4 Å². The highest BCUT2D eigenvalue weighted by Crippen LogP contribution is 2.38. The van der Waals surface area contributed by atoms with Gasteiger partial charge in [0.15, 0.2) is 5.69 Å². The number of pyridine rings is 1. The molecule has 0 bridgehead atoms. The van der Waals surface area contributed by atoms with Gasteiger partial charge in [-0.1, -0.05) is 19.9 Å². The number of aliphatic hydroxyl groups excluding tert-OH is 1. The Morgan fingerprint density at radius 3 is 2.55 bits per heavy atom. The van der Waals surface area contributed by atoms with Gasteiger partial charge in [-0.15, -0.1) is 11.3 Å². The van der Waals surface area contributed by atoms with E-state index >= 15 is 0 Å². The number of hydrogen-bond donors (Lipinski definition) is 3. The third-order valence-electron chi connectivity index (χ3n) is 3.95. The number of halogens is 3. The van der Waals surface area contributed by atoms with Crippen LogP contribution in [0.2, 0.25) is 0 Å². The van der Waals surface area contributed by atoms with E-state index in [9.17, 15) is 23.1 Å². The van der Waals surface area contributed by atoms with Crippen LogP contribution < -0.4 is 10.6 Å². The lowest BCUT2D eigenvalue weighted by molar-refractivity contribution is -0.134. The Hall–Kier alpha value is -2.79. The van der Waals surface area contributed by atoms with E-state index in [1.165, 1.54) is 6.92 Å². The number of fused-ring (bicyclic) bond motifs is 1. The van der Waals surface area contributed by atoms with E-state index in [1.807, 2.05) is 26.8 Å². The number of thiophene rings is 1. The molecule has 168 valence electrons. The Morgan fingerprint density at radius 2 is 1.97 bits per heavy atom. The van der Waals surface area contributed by atoms with Crippen LogP contribution in [0.25, 0.3) is 10.2 Å². The van der Waals surface area contributed by atoms with Crippen molar-refractivity contribution >= 4 is 33.4 Å². The number of nitrogens with one attached hydrogen (secondary N) is 2. The van der Waals surface area contributed by atoms with Crippen LogP contribution in [0.1, 0.15) is 54.7 Å². The summed E-state index contributed by atoms with van der Waals surface area (Å²) in [5.41, 5.74) is 0.648. The van der Waals surface area contributed by atoms with Crippen molar-refractivity contribution in [3.8, 4) is 0 Å². The minimum atomic E-state index is -4.56. The molecule has 0 unspecified atom stereocenters. The minimum Gasteiger partial charge on any atom is -0.392 e. The average molecular weight is 456 g/mol. The Kier molecular flexibility index (Phi) is 8.28. The first kappa shape index (κ1) is 24.5. The number of carbonyl (C=O) groups is 1. The summed E-state index contributed by atoms with van der Waals surface area (Å²) in [7, 11) is 0. The summed E-state index contributed by atoms with van der Waals surface area (Å²) in [4.78, 5) is 24.0. The van der Waals surface area contributed by atoms with Gasteiger partial charge in [0, 0.05) is 18.9 Å². The summed E-state index contributed by atoms with van der Waals surface area (Å²) in [6.07, 6.45) is -2.12. The predicted octanol–water partition coefficient (Wildman–Crippen LogP) is 4.42. The zero-order valence-electron chi connectivity index (χ0n) is 17.5. The number of nitrogens with zero attached hydrogens (tertiary/aromatic N) is 3. The molecule has 31 heavy (non-hydrogen) atoms. The predicted molar refractivity (Wildman–Crippen MR) is 114 cm³/mol. The highest BCUT2D eigenvalue weighted by Gasteiger charge is 2.34. The maximum absolute atomic E-state index is 13.2. The molecule has 11 heteroatoms. The minimum absolute atomic E-state index is 0.0143. The van der Waals surface area contributed by atoms with Gasteiger partial charge in [-0.3, -0.25) is 9.78 Å². The molecule has 0 saturated carbocycles. The second-order valence-corrected chi connectivity index (χ2v) is 7.48. The smallest absolute Gasteiger partial charge is 0.392 e. The van der Waals surface area contributed by atoms with E-state index in [-0.39, 0.29) is 34.4 Å². The largest absolute Gasteiger partial charge is 0.425 e. The van der Waals surface area contributed by atoms with Crippen LogP contribution in [0.15, 0.2) is 30.6 Å². The number of aliphatic hydroxyl groups is 1. The molecular weight excluding hydrogens is 431 g/mol. The molecule has 0 aliphatic carbocycles. The highest BCUT2D eigenvalue weighted by atomic mass is 32.1. The van der Waals surface area contributed by atoms with Crippen LogP contribution in [0.4, 0.5) is 19.1 Å². The zero-order valence-corrected chi connectivity index (χ0v) is 18.3. The number of hydrogen-bond acceptors (Lipinski definition) is 7. The van der Waals surface area contributed by atoms with E-state index < -0.39 is 23.1 Å². The fourth-order valence-electron chi connectivity index (χ4n) is 2.52. The first-order chi connectivity index (χ1) is 14.6. The maximum atomic E-state index is 13.2. The van der Waals surface area contributed by atoms with Crippen LogP contribution in [0.5, 0.6) is 0 Å². The molecule has 3 aromatic rings. The van der Waals surface area contributed by atoms with Gasteiger partial charge in [-0.25, -0.2) is 9.97 Å². The molecule has 3 aromatic heterocycles. The molecule has 7 nitrogen and oxygen atoms in total. The van der Waals surface area contributed by atoms with Crippen molar-refractivity contribution in [3.63, 3.8) is 0 Å². The second kappa shape index (κ2) is 10.5.